The summed E-state index contributed by atoms with van der Waals surface area (Å²) in [5.41, 5.74) is -0.762. The molecule has 4 aromatic rings. The van der Waals surface area contributed by atoms with Crippen LogP contribution in [0.2, 0.25) is 0 Å². The van der Waals surface area contributed by atoms with Crippen molar-refractivity contribution in [3.8, 4) is 23.0 Å². The average molecular weight is 525 g/mol. The van der Waals surface area contributed by atoms with Gasteiger partial charge in [-0.3, -0.25) is 9.36 Å². The standard InChI is InChI=1S/C31H28N2O6/c1-36-20-13-11-19(12-14-20)31-26(18-8-5-4-6-9-18)25-28(32-24-10-7-15-33(24)29(25)34)30(31,35)27-22(38-3)16-21(37-2)17-23(27)39-31/h4-6,8-9,11-14,16-17,26,35H,7,10,15H2,1-3H3/t26-,30+,31+/m1/s1. The third kappa shape index (κ3) is 2.92. The van der Waals surface area contributed by atoms with E-state index in [4.69, 9.17) is 23.9 Å². The molecule has 8 heteroatoms. The van der Waals surface area contributed by atoms with Gasteiger partial charge < -0.3 is 24.1 Å². The highest BCUT2D eigenvalue weighted by atomic mass is 16.5. The second kappa shape index (κ2) is 8.35. The van der Waals surface area contributed by atoms with Gasteiger partial charge in [-0.1, -0.05) is 42.5 Å². The first kappa shape index (κ1) is 23.8. The Kier molecular flexibility index (Phi) is 5.09. The summed E-state index contributed by atoms with van der Waals surface area (Å²) in [4.78, 5) is 19.3. The van der Waals surface area contributed by atoms with Crippen molar-refractivity contribution in [3.05, 3.63) is 111 Å². The fourth-order valence-electron chi connectivity index (χ4n) is 6.77. The molecule has 3 atom stereocenters. The maximum absolute atomic E-state index is 14.2. The molecule has 2 aliphatic heterocycles. The zero-order chi connectivity index (χ0) is 26.9. The SMILES string of the molecule is COc1ccc([C@@]23Oc4cc(OC)cc(OC)c4[C@]2(O)c2nc4n(c(=O)c2[C@H]3c2ccccc2)CCC4)cc1. The number of rotatable bonds is 5. The van der Waals surface area contributed by atoms with Gasteiger partial charge in [0, 0.05) is 30.7 Å². The van der Waals surface area contributed by atoms with Gasteiger partial charge in [0.1, 0.15) is 28.8 Å². The molecule has 1 aromatic heterocycles. The topological polar surface area (TPSA) is 92.0 Å². The van der Waals surface area contributed by atoms with E-state index in [9.17, 15) is 9.90 Å². The van der Waals surface area contributed by atoms with Gasteiger partial charge in [-0.05, 0) is 24.1 Å². The molecule has 1 aliphatic carbocycles. The van der Waals surface area contributed by atoms with Crippen LogP contribution in [0.5, 0.6) is 23.0 Å². The second-order valence-electron chi connectivity index (χ2n) is 10.2. The second-order valence-corrected chi connectivity index (χ2v) is 10.2. The van der Waals surface area contributed by atoms with Gasteiger partial charge in [-0.2, -0.15) is 0 Å². The summed E-state index contributed by atoms with van der Waals surface area (Å²) >= 11 is 0. The number of hydrogen-bond acceptors (Lipinski definition) is 7. The zero-order valence-corrected chi connectivity index (χ0v) is 21.9. The molecule has 39 heavy (non-hydrogen) atoms. The van der Waals surface area contributed by atoms with Crippen LogP contribution in [-0.2, 0) is 24.2 Å². The van der Waals surface area contributed by atoms with Crippen LogP contribution in [0.4, 0.5) is 0 Å². The van der Waals surface area contributed by atoms with Crippen LogP contribution in [0, 0.1) is 0 Å². The Morgan fingerprint density at radius 2 is 1.72 bits per heavy atom. The summed E-state index contributed by atoms with van der Waals surface area (Å²) in [6.45, 7) is 0.599. The lowest BCUT2D eigenvalue weighted by Gasteiger charge is -2.40. The summed E-state index contributed by atoms with van der Waals surface area (Å²) in [5.74, 6) is 2.00. The number of aliphatic hydroxyl groups is 1. The summed E-state index contributed by atoms with van der Waals surface area (Å²) in [6.07, 6.45) is 1.49. The van der Waals surface area contributed by atoms with Gasteiger partial charge in [0.2, 0.25) is 0 Å². The highest BCUT2D eigenvalue weighted by Crippen LogP contribution is 2.69. The van der Waals surface area contributed by atoms with E-state index in [2.05, 4.69) is 0 Å². The van der Waals surface area contributed by atoms with Crippen LogP contribution >= 0.6 is 0 Å². The number of hydrogen-bond donors (Lipinski definition) is 1. The molecule has 0 radical (unpaired) electrons. The molecule has 198 valence electrons. The smallest absolute Gasteiger partial charge is 0.257 e. The predicted octanol–water partition coefficient (Wildman–Crippen LogP) is 3.88. The van der Waals surface area contributed by atoms with Gasteiger partial charge >= 0.3 is 0 Å². The number of ether oxygens (including phenoxy) is 4. The van der Waals surface area contributed by atoms with E-state index < -0.39 is 17.1 Å². The molecule has 0 amide bonds. The molecule has 3 aliphatic rings. The molecule has 0 fully saturated rings. The van der Waals surface area contributed by atoms with Gasteiger partial charge in [-0.15, -0.1) is 0 Å². The Labute approximate surface area is 225 Å². The van der Waals surface area contributed by atoms with Gasteiger partial charge in [0.25, 0.3) is 5.56 Å². The minimum Gasteiger partial charge on any atom is -0.497 e. The first-order valence-corrected chi connectivity index (χ1v) is 13.0. The summed E-state index contributed by atoms with van der Waals surface area (Å²) < 4.78 is 25.5. The molecule has 3 aromatic carbocycles. The van der Waals surface area contributed by atoms with Gasteiger partial charge in [0.15, 0.2) is 11.2 Å². The summed E-state index contributed by atoms with van der Waals surface area (Å²) in [7, 11) is 4.72. The summed E-state index contributed by atoms with van der Waals surface area (Å²) in [6, 6.07) is 20.6. The van der Waals surface area contributed by atoms with E-state index in [-0.39, 0.29) is 5.56 Å². The monoisotopic (exact) mass is 524 g/mol. The van der Waals surface area contributed by atoms with Crippen LogP contribution in [0.15, 0.2) is 71.5 Å². The molecule has 0 bridgehead atoms. The fraction of sp³-hybridized carbons (Fsp3) is 0.290. The van der Waals surface area contributed by atoms with Crippen LogP contribution < -0.4 is 24.5 Å². The molecule has 0 saturated carbocycles. The number of nitrogens with zero attached hydrogens (tertiary/aromatic N) is 2. The van der Waals surface area contributed by atoms with Crippen LogP contribution in [0.1, 0.15) is 46.1 Å². The number of benzene rings is 3. The molecule has 3 heterocycles. The third-order valence-electron chi connectivity index (χ3n) is 8.42. The molecular formula is C31H28N2O6. The van der Waals surface area contributed by atoms with Gasteiger partial charge in [0.05, 0.1) is 44.1 Å². The number of aromatic nitrogens is 2. The van der Waals surface area contributed by atoms with Crippen molar-refractivity contribution in [2.75, 3.05) is 21.3 Å². The normalized spacial score (nSPS) is 23.8. The molecule has 7 rings (SSSR count). The maximum Gasteiger partial charge on any atom is 0.257 e. The molecule has 0 unspecified atom stereocenters. The third-order valence-corrected chi connectivity index (χ3v) is 8.42. The summed E-state index contributed by atoms with van der Waals surface area (Å²) in [5, 5.41) is 13.2. The van der Waals surface area contributed by atoms with Crippen LogP contribution in [0.25, 0.3) is 0 Å². The Hall–Kier alpha value is -4.30. The molecule has 8 nitrogen and oxygen atoms in total. The van der Waals surface area contributed by atoms with E-state index in [1.807, 2.05) is 54.6 Å². The molecule has 0 spiro atoms. The lowest BCUT2D eigenvalue weighted by molar-refractivity contribution is -0.0910. The van der Waals surface area contributed by atoms with Gasteiger partial charge in [-0.25, -0.2) is 4.98 Å². The van der Waals surface area contributed by atoms with Crippen molar-refractivity contribution in [2.24, 2.45) is 0 Å². The highest BCUT2D eigenvalue weighted by Gasteiger charge is 2.74. The number of aryl methyl sites for hydroxylation is 1. The van der Waals surface area contributed by atoms with Crippen LogP contribution in [0.3, 0.4) is 0 Å². The molecule has 1 N–H and O–H groups in total. The number of fused-ring (bicyclic) bond motifs is 6. The Bertz CT molecular complexity index is 1670. The van der Waals surface area contributed by atoms with Crippen LogP contribution in [-0.4, -0.2) is 36.0 Å². The molecular weight excluding hydrogens is 496 g/mol. The Morgan fingerprint density at radius 1 is 0.974 bits per heavy atom. The minimum absolute atomic E-state index is 0.144. The fourth-order valence-corrected chi connectivity index (χ4v) is 6.77. The lowest BCUT2D eigenvalue weighted by atomic mass is 9.70. The van der Waals surface area contributed by atoms with Crippen molar-refractivity contribution in [2.45, 2.75) is 36.5 Å². The van der Waals surface area contributed by atoms with Crippen molar-refractivity contribution in [3.63, 3.8) is 0 Å². The minimum atomic E-state index is -1.85. The van der Waals surface area contributed by atoms with E-state index in [1.54, 1.807) is 38.0 Å². The largest absolute Gasteiger partial charge is 0.497 e. The van der Waals surface area contributed by atoms with E-state index in [0.29, 0.717) is 64.2 Å². The predicted molar refractivity (Wildman–Crippen MR) is 143 cm³/mol. The lowest BCUT2D eigenvalue weighted by Crippen LogP contribution is -2.49. The van der Waals surface area contributed by atoms with Crippen molar-refractivity contribution in [1.82, 2.24) is 9.55 Å². The quantitative estimate of drug-likeness (QED) is 0.424. The maximum atomic E-state index is 14.2. The van der Waals surface area contributed by atoms with Crippen molar-refractivity contribution < 1.29 is 24.1 Å². The van der Waals surface area contributed by atoms with E-state index in [1.165, 1.54) is 0 Å². The first-order valence-electron chi connectivity index (χ1n) is 13.0. The zero-order valence-electron chi connectivity index (χ0n) is 21.9. The van der Waals surface area contributed by atoms with E-state index in [0.717, 1.165) is 12.0 Å². The highest BCUT2D eigenvalue weighted by molar-refractivity contribution is 5.68. The first-order chi connectivity index (χ1) is 19.0. The molecule has 0 saturated heterocycles. The van der Waals surface area contributed by atoms with Crippen molar-refractivity contribution >= 4 is 0 Å². The Balaban J connectivity index is 1.65. The van der Waals surface area contributed by atoms with E-state index >= 15 is 0 Å². The Morgan fingerprint density at radius 3 is 2.41 bits per heavy atom. The number of methoxy groups -OCH3 is 3. The average Bonchev–Trinajstić information content (AvgIpc) is 3.62. The van der Waals surface area contributed by atoms with Crippen molar-refractivity contribution in [1.29, 1.82) is 0 Å².